The minimum atomic E-state index is -0.345. The molecule has 0 aromatic heterocycles. The molecule has 2 atom stereocenters. The topological polar surface area (TPSA) is 48.8 Å². The van der Waals surface area contributed by atoms with E-state index in [4.69, 9.17) is 17.1 Å². The Morgan fingerprint density at radius 2 is 1.50 bits per heavy atom. The Balaban J connectivity index is 2.31. The highest BCUT2D eigenvalue weighted by atomic mass is 35.5. The molecule has 4 heteroatoms. The van der Waals surface area contributed by atoms with Crippen LogP contribution in [0.1, 0.15) is 22.5 Å². The van der Waals surface area contributed by atoms with E-state index in [1.807, 2.05) is 42.5 Å². The van der Waals surface area contributed by atoms with Crippen molar-refractivity contribution in [2.45, 2.75) is 11.4 Å². The fourth-order valence-electron chi connectivity index (χ4n) is 2.49. The first-order chi connectivity index (χ1) is 8.83. The van der Waals surface area contributed by atoms with Crippen LogP contribution >= 0.6 is 11.6 Å². The molecule has 0 saturated heterocycles. The Morgan fingerprint density at radius 3 is 2.17 bits per heavy atom. The molecule has 2 aromatic rings. The van der Waals surface area contributed by atoms with Crippen LogP contribution in [0, 0.1) is 0 Å². The average molecular weight is 256 g/mol. The van der Waals surface area contributed by atoms with Gasteiger partial charge in [0.15, 0.2) is 0 Å². The quantitative estimate of drug-likeness (QED) is 0.298. The molecular formula is C14H10ClN3. The summed E-state index contributed by atoms with van der Waals surface area (Å²) in [5.74, 6) is 0. The van der Waals surface area contributed by atoms with Crippen LogP contribution in [0.15, 0.2) is 53.6 Å². The van der Waals surface area contributed by atoms with E-state index in [1.54, 1.807) is 0 Å². The Kier molecular flexibility index (Phi) is 2.71. The zero-order chi connectivity index (χ0) is 12.5. The van der Waals surface area contributed by atoms with E-state index in [2.05, 4.69) is 16.1 Å². The fourth-order valence-corrected chi connectivity index (χ4v) is 2.86. The first kappa shape index (κ1) is 11.1. The van der Waals surface area contributed by atoms with E-state index < -0.39 is 0 Å². The maximum Gasteiger partial charge on any atom is 0.0836 e. The number of alkyl halides is 1. The molecule has 1 aliphatic rings. The largest absolute Gasteiger partial charge is 0.117 e. The monoisotopic (exact) mass is 255 g/mol. The second-order valence-corrected chi connectivity index (χ2v) is 4.70. The van der Waals surface area contributed by atoms with Crippen molar-refractivity contribution < 1.29 is 0 Å². The molecule has 3 nitrogen and oxygen atoms in total. The molecule has 1 aliphatic carbocycles. The third kappa shape index (κ3) is 1.57. The molecule has 3 rings (SSSR count). The van der Waals surface area contributed by atoms with E-state index >= 15 is 0 Å². The van der Waals surface area contributed by atoms with Crippen molar-refractivity contribution in [1.82, 2.24) is 0 Å². The molecule has 0 amide bonds. The first-order valence-corrected chi connectivity index (χ1v) is 6.13. The molecule has 0 unspecified atom stereocenters. The number of halogens is 1. The van der Waals surface area contributed by atoms with Crippen LogP contribution in [0.25, 0.3) is 21.6 Å². The summed E-state index contributed by atoms with van der Waals surface area (Å²) < 4.78 is 0. The van der Waals surface area contributed by atoms with E-state index in [1.165, 1.54) is 0 Å². The van der Waals surface area contributed by atoms with Crippen molar-refractivity contribution in [3.63, 3.8) is 0 Å². The molecule has 0 bridgehead atoms. The van der Waals surface area contributed by atoms with Gasteiger partial charge in [0, 0.05) is 4.91 Å². The van der Waals surface area contributed by atoms with Crippen LogP contribution in [0.3, 0.4) is 0 Å². The Hall–Kier alpha value is -1.96. The smallest absolute Gasteiger partial charge is 0.0836 e. The second-order valence-electron chi connectivity index (χ2n) is 4.23. The van der Waals surface area contributed by atoms with Crippen LogP contribution < -0.4 is 0 Å². The number of rotatable bonds is 1. The molecule has 0 N–H and O–H groups in total. The number of azide groups is 1. The lowest BCUT2D eigenvalue weighted by molar-refractivity contribution is 0.683. The number of nitrogens with zero attached hydrogens (tertiary/aromatic N) is 3. The number of benzene rings is 2. The van der Waals surface area contributed by atoms with Gasteiger partial charge in [-0.3, -0.25) is 0 Å². The van der Waals surface area contributed by atoms with Crippen LogP contribution in [-0.2, 0) is 0 Å². The number of hydrogen-bond donors (Lipinski definition) is 0. The second kappa shape index (κ2) is 4.37. The molecule has 0 spiro atoms. The van der Waals surface area contributed by atoms with Gasteiger partial charge in [0.2, 0.25) is 0 Å². The van der Waals surface area contributed by atoms with Gasteiger partial charge in [-0.1, -0.05) is 53.6 Å². The minimum absolute atomic E-state index is 0.313. The normalized spacial score (nSPS) is 20.5. The fraction of sp³-hybridized carbons (Fsp3) is 0.143. The minimum Gasteiger partial charge on any atom is -0.117 e. The highest BCUT2D eigenvalue weighted by molar-refractivity contribution is 6.22. The lowest BCUT2D eigenvalue weighted by Crippen LogP contribution is -2.11. The standard InChI is InChI=1S/C14H10ClN3/c15-13-11-7-3-1-5-9(11)10-6-2-4-8-12(10)14(13)17-18-16/h1-8,13-14H/t13-,14-/m0/s1. The number of fused-ring (bicyclic) bond motifs is 3. The van der Waals surface area contributed by atoms with Crippen molar-refractivity contribution in [3.05, 3.63) is 70.1 Å². The van der Waals surface area contributed by atoms with Crippen molar-refractivity contribution in [3.8, 4) is 11.1 Å². The first-order valence-electron chi connectivity index (χ1n) is 5.69. The van der Waals surface area contributed by atoms with E-state index in [0.29, 0.717) is 0 Å². The SMILES string of the molecule is [N-]=[N+]=N[C@H]1c2ccccc2-c2ccccc2[C@@H]1Cl. The summed E-state index contributed by atoms with van der Waals surface area (Å²) in [6.45, 7) is 0. The average Bonchev–Trinajstić information content (AvgIpc) is 2.43. The van der Waals surface area contributed by atoms with Crippen molar-refractivity contribution in [2.75, 3.05) is 0 Å². The molecule has 0 heterocycles. The molecule has 0 radical (unpaired) electrons. The van der Waals surface area contributed by atoms with Gasteiger partial charge in [0.1, 0.15) is 0 Å². The maximum atomic E-state index is 8.71. The zero-order valence-electron chi connectivity index (χ0n) is 9.49. The molecule has 0 aliphatic heterocycles. The maximum absolute atomic E-state index is 8.71. The molecule has 18 heavy (non-hydrogen) atoms. The lowest BCUT2D eigenvalue weighted by atomic mass is 9.82. The third-order valence-electron chi connectivity index (χ3n) is 3.28. The van der Waals surface area contributed by atoms with E-state index in [9.17, 15) is 0 Å². The van der Waals surface area contributed by atoms with Gasteiger partial charge < -0.3 is 0 Å². The predicted octanol–water partition coefficient (Wildman–Crippen LogP) is 5.00. The highest BCUT2D eigenvalue weighted by Gasteiger charge is 2.31. The molecule has 0 fully saturated rings. The van der Waals surface area contributed by atoms with Crippen LogP contribution in [0.2, 0.25) is 0 Å². The Bertz CT molecular complexity index is 647. The highest BCUT2D eigenvalue weighted by Crippen LogP contribution is 2.49. The summed E-state index contributed by atoms with van der Waals surface area (Å²) in [7, 11) is 0. The Labute approximate surface area is 110 Å². The van der Waals surface area contributed by atoms with Gasteiger partial charge in [0.25, 0.3) is 0 Å². The molecule has 88 valence electrons. The van der Waals surface area contributed by atoms with Crippen LogP contribution in [0.5, 0.6) is 0 Å². The molecular weight excluding hydrogens is 246 g/mol. The summed E-state index contributed by atoms with van der Waals surface area (Å²) in [5, 5.41) is 3.54. The summed E-state index contributed by atoms with van der Waals surface area (Å²) >= 11 is 6.45. The summed E-state index contributed by atoms with van der Waals surface area (Å²) in [5.41, 5.74) is 12.9. The Morgan fingerprint density at radius 1 is 0.944 bits per heavy atom. The summed E-state index contributed by atoms with van der Waals surface area (Å²) in [6, 6.07) is 15.6. The van der Waals surface area contributed by atoms with Gasteiger partial charge in [-0.15, -0.1) is 11.6 Å². The predicted molar refractivity (Wildman–Crippen MR) is 72.4 cm³/mol. The molecule has 2 aromatic carbocycles. The zero-order valence-corrected chi connectivity index (χ0v) is 10.2. The van der Waals surface area contributed by atoms with Crippen molar-refractivity contribution in [2.24, 2.45) is 5.11 Å². The van der Waals surface area contributed by atoms with Gasteiger partial charge in [0.05, 0.1) is 11.4 Å². The molecule has 0 saturated carbocycles. The van der Waals surface area contributed by atoms with Crippen LogP contribution in [-0.4, -0.2) is 0 Å². The van der Waals surface area contributed by atoms with Crippen molar-refractivity contribution >= 4 is 11.6 Å². The van der Waals surface area contributed by atoms with Gasteiger partial charge >= 0.3 is 0 Å². The van der Waals surface area contributed by atoms with Gasteiger partial charge in [-0.2, -0.15) is 0 Å². The van der Waals surface area contributed by atoms with Gasteiger partial charge in [-0.05, 0) is 27.8 Å². The number of hydrogen-bond acceptors (Lipinski definition) is 1. The summed E-state index contributed by atoms with van der Waals surface area (Å²) in [6.07, 6.45) is 0. The summed E-state index contributed by atoms with van der Waals surface area (Å²) in [4.78, 5) is 2.92. The van der Waals surface area contributed by atoms with Crippen LogP contribution in [0.4, 0.5) is 0 Å². The van der Waals surface area contributed by atoms with Gasteiger partial charge in [-0.25, -0.2) is 0 Å². The van der Waals surface area contributed by atoms with Crippen molar-refractivity contribution in [1.29, 1.82) is 0 Å². The third-order valence-corrected chi connectivity index (χ3v) is 3.75. The van der Waals surface area contributed by atoms with E-state index in [-0.39, 0.29) is 11.4 Å². The lowest BCUT2D eigenvalue weighted by Gasteiger charge is -2.29. The van der Waals surface area contributed by atoms with E-state index in [0.717, 1.165) is 22.3 Å².